The molecule has 17 heavy (non-hydrogen) atoms. The number of hydrogen-bond donors (Lipinski definition) is 0. The van der Waals surface area contributed by atoms with Gasteiger partial charge in [-0.1, -0.05) is 13.8 Å². The molecule has 0 aromatic heterocycles. The van der Waals surface area contributed by atoms with Crippen LogP contribution in [0.4, 0.5) is 0 Å². The molecule has 1 aliphatic rings. The van der Waals surface area contributed by atoms with Crippen LogP contribution in [0.1, 0.15) is 27.7 Å². The van der Waals surface area contributed by atoms with Crippen molar-refractivity contribution in [1.29, 1.82) is 0 Å². The van der Waals surface area contributed by atoms with Gasteiger partial charge in [-0.15, -0.1) is 0 Å². The molecule has 5 heteroatoms. The Labute approximate surface area is 101 Å². The third kappa shape index (κ3) is 4.00. The molecule has 1 rings (SSSR count). The Morgan fingerprint density at radius 2 is 1.82 bits per heavy atom. The highest BCUT2D eigenvalue weighted by atomic mass is 16.6. The van der Waals surface area contributed by atoms with Crippen LogP contribution in [0, 0.1) is 11.8 Å². The van der Waals surface area contributed by atoms with Gasteiger partial charge in [0.1, 0.15) is 12.7 Å². The number of rotatable bonds is 3. The third-order valence-electron chi connectivity index (χ3n) is 3.24. The Morgan fingerprint density at radius 3 is 2.35 bits per heavy atom. The lowest BCUT2D eigenvalue weighted by Crippen LogP contribution is -2.46. The average molecular weight is 244 g/mol. The molecule has 0 aromatic rings. The monoisotopic (exact) mass is 244 g/mol. The molecule has 0 bridgehead atoms. The molecule has 0 amide bonds. The molecular weight excluding hydrogens is 224 g/mol. The molecule has 1 saturated heterocycles. The van der Waals surface area contributed by atoms with Gasteiger partial charge in [0.25, 0.3) is 0 Å². The molecule has 1 fully saturated rings. The van der Waals surface area contributed by atoms with E-state index in [9.17, 15) is 9.59 Å². The molecule has 0 aromatic carbocycles. The van der Waals surface area contributed by atoms with E-state index in [1.54, 1.807) is 0 Å². The summed E-state index contributed by atoms with van der Waals surface area (Å²) in [6.45, 7) is 7.40. The molecule has 5 nitrogen and oxygen atoms in total. The zero-order chi connectivity index (χ0) is 13.0. The van der Waals surface area contributed by atoms with Gasteiger partial charge in [0.2, 0.25) is 0 Å². The van der Waals surface area contributed by atoms with E-state index in [2.05, 4.69) is 0 Å². The lowest BCUT2D eigenvalue weighted by molar-refractivity contribution is -0.178. The maximum absolute atomic E-state index is 10.9. The maximum Gasteiger partial charge on any atom is 0.302 e. The smallest absolute Gasteiger partial charge is 0.302 e. The Morgan fingerprint density at radius 1 is 1.18 bits per heavy atom. The summed E-state index contributed by atoms with van der Waals surface area (Å²) in [5.74, 6) is -0.243. The predicted molar refractivity (Wildman–Crippen MR) is 60.3 cm³/mol. The van der Waals surface area contributed by atoms with Crippen LogP contribution in [0.15, 0.2) is 0 Å². The number of hydrogen-bond acceptors (Lipinski definition) is 5. The number of carbonyl (C=O) groups excluding carboxylic acids is 2. The molecule has 98 valence electrons. The Kier molecular flexibility index (Phi) is 4.93. The van der Waals surface area contributed by atoms with Gasteiger partial charge in [-0.05, 0) is 5.92 Å². The van der Waals surface area contributed by atoms with Gasteiger partial charge in [0, 0.05) is 19.8 Å². The van der Waals surface area contributed by atoms with Crippen LogP contribution >= 0.6 is 0 Å². The second kappa shape index (κ2) is 6.00. The van der Waals surface area contributed by atoms with Crippen LogP contribution in [0.2, 0.25) is 0 Å². The molecule has 2 unspecified atom stereocenters. The normalized spacial score (nSPS) is 32.9. The SMILES string of the molecule is CC(=O)OCC1OCC(OC(C)=O)[C@@H](C)[C@@H]1C. The highest BCUT2D eigenvalue weighted by Crippen LogP contribution is 2.28. The van der Waals surface area contributed by atoms with E-state index in [-0.39, 0.29) is 42.6 Å². The van der Waals surface area contributed by atoms with E-state index >= 15 is 0 Å². The van der Waals surface area contributed by atoms with Crippen LogP contribution in [0.5, 0.6) is 0 Å². The fraction of sp³-hybridized carbons (Fsp3) is 0.833. The van der Waals surface area contributed by atoms with Crippen molar-refractivity contribution in [2.45, 2.75) is 39.9 Å². The number of carbonyl (C=O) groups is 2. The van der Waals surface area contributed by atoms with Gasteiger partial charge < -0.3 is 14.2 Å². The minimum Gasteiger partial charge on any atom is -0.463 e. The summed E-state index contributed by atoms with van der Waals surface area (Å²) in [6.07, 6.45) is -0.336. The topological polar surface area (TPSA) is 61.8 Å². The van der Waals surface area contributed by atoms with Crippen molar-refractivity contribution < 1.29 is 23.8 Å². The van der Waals surface area contributed by atoms with Crippen molar-refractivity contribution >= 4 is 11.9 Å². The van der Waals surface area contributed by atoms with Crippen molar-refractivity contribution in [2.75, 3.05) is 13.2 Å². The van der Waals surface area contributed by atoms with E-state index in [4.69, 9.17) is 14.2 Å². The number of ether oxygens (including phenoxy) is 3. The molecule has 0 N–H and O–H groups in total. The Balaban J connectivity index is 2.49. The van der Waals surface area contributed by atoms with Gasteiger partial charge in [-0.25, -0.2) is 0 Å². The summed E-state index contributed by atoms with van der Waals surface area (Å²) in [5, 5.41) is 0. The fourth-order valence-corrected chi connectivity index (χ4v) is 1.95. The first-order chi connectivity index (χ1) is 7.91. The fourth-order valence-electron chi connectivity index (χ4n) is 1.95. The van der Waals surface area contributed by atoms with E-state index in [0.29, 0.717) is 6.61 Å². The third-order valence-corrected chi connectivity index (χ3v) is 3.24. The molecule has 0 aliphatic carbocycles. The van der Waals surface area contributed by atoms with Crippen LogP contribution in [0.25, 0.3) is 0 Å². The van der Waals surface area contributed by atoms with Crippen molar-refractivity contribution in [3.63, 3.8) is 0 Å². The summed E-state index contributed by atoms with van der Waals surface area (Å²) in [7, 11) is 0. The largest absolute Gasteiger partial charge is 0.463 e. The zero-order valence-electron chi connectivity index (χ0n) is 10.8. The summed E-state index contributed by atoms with van der Waals surface area (Å²) >= 11 is 0. The lowest BCUT2D eigenvalue weighted by atomic mass is 9.84. The highest BCUT2D eigenvalue weighted by Gasteiger charge is 2.37. The van der Waals surface area contributed by atoms with E-state index < -0.39 is 0 Å². The molecule has 4 atom stereocenters. The molecule has 0 spiro atoms. The predicted octanol–water partition coefficient (Wildman–Crippen LogP) is 1.15. The van der Waals surface area contributed by atoms with Crippen molar-refractivity contribution in [3.8, 4) is 0 Å². The van der Waals surface area contributed by atoms with Crippen molar-refractivity contribution in [3.05, 3.63) is 0 Å². The highest BCUT2D eigenvalue weighted by molar-refractivity contribution is 5.66. The van der Waals surface area contributed by atoms with Crippen LogP contribution < -0.4 is 0 Å². The van der Waals surface area contributed by atoms with Gasteiger partial charge >= 0.3 is 11.9 Å². The van der Waals surface area contributed by atoms with Crippen LogP contribution in [-0.4, -0.2) is 37.4 Å². The standard InChI is InChI=1S/C12H20O5/c1-7-8(2)12(17-10(4)14)6-16-11(7)5-15-9(3)13/h7-8,11-12H,5-6H2,1-4H3/t7-,8-,11?,12?/m0/s1. The molecule has 1 heterocycles. The van der Waals surface area contributed by atoms with E-state index in [0.717, 1.165) is 0 Å². The second-order valence-electron chi connectivity index (χ2n) is 4.54. The van der Waals surface area contributed by atoms with E-state index in [1.165, 1.54) is 13.8 Å². The first kappa shape index (κ1) is 14.0. The van der Waals surface area contributed by atoms with Gasteiger partial charge in [-0.2, -0.15) is 0 Å². The first-order valence-electron chi connectivity index (χ1n) is 5.84. The minimum atomic E-state index is -0.310. The maximum atomic E-state index is 10.9. The Hall–Kier alpha value is -1.10. The summed E-state index contributed by atoms with van der Waals surface area (Å²) < 4.78 is 15.7. The van der Waals surface area contributed by atoms with Crippen LogP contribution in [0.3, 0.4) is 0 Å². The van der Waals surface area contributed by atoms with Crippen molar-refractivity contribution in [2.24, 2.45) is 11.8 Å². The summed E-state index contributed by atoms with van der Waals surface area (Å²) in [5.41, 5.74) is 0. The molecule has 1 aliphatic heterocycles. The Bertz CT molecular complexity index is 287. The molecule has 0 radical (unpaired) electrons. The van der Waals surface area contributed by atoms with E-state index in [1.807, 2.05) is 13.8 Å². The number of esters is 2. The zero-order valence-corrected chi connectivity index (χ0v) is 10.8. The second-order valence-corrected chi connectivity index (χ2v) is 4.54. The van der Waals surface area contributed by atoms with Crippen LogP contribution in [-0.2, 0) is 23.8 Å². The quantitative estimate of drug-likeness (QED) is 0.697. The minimum absolute atomic E-state index is 0.124. The van der Waals surface area contributed by atoms with Gasteiger partial charge in [0.15, 0.2) is 0 Å². The molecular formula is C12H20O5. The lowest BCUT2D eigenvalue weighted by Gasteiger charge is -2.38. The summed E-state index contributed by atoms with van der Waals surface area (Å²) in [6, 6.07) is 0. The molecule has 0 saturated carbocycles. The van der Waals surface area contributed by atoms with Gasteiger partial charge in [0.05, 0.1) is 12.7 Å². The average Bonchev–Trinajstić information content (AvgIpc) is 2.23. The summed E-state index contributed by atoms with van der Waals surface area (Å²) in [4.78, 5) is 21.7. The first-order valence-corrected chi connectivity index (χ1v) is 5.84. The van der Waals surface area contributed by atoms with Gasteiger partial charge in [-0.3, -0.25) is 9.59 Å². The van der Waals surface area contributed by atoms with Crippen molar-refractivity contribution in [1.82, 2.24) is 0 Å².